The van der Waals surface area contributed by atoms with Gasteiger partial charge in [0.1, 0.15) is 5.69 Å². The van der Waals surface area contributed by atoms with E-state index in [4.69, 9.17) is 5.11 Å². The number of aromatic nitrogens is 1. The quantitative estimate of drug-likeness (QED) is 0.888. The van der Waals surface area contributed by atoms with E-state index >= 15 is 0 Å². The van der Waals surface area contributed by atoms with E-state index in [0.29, 0.717) is 17.0 Å². The highest BCUT2D eigenvalue weighted by molar-refractivity contribution is 5.96. The number of hydrogen-bond acceptors (Lipinski definition) is 3. The molecule has 0 aliphatic heterocycles. The molecule has 18 heavy (non-hydrogen) atoms. The second-order valence-corrected chi connectivity index (χ2v) is 4.19. The lowest BCUT2D eigenvalue weighted by Gasteiger charge is -2.17. The van der Waals surface area contributed by atoms with Crippen molar-refractivity contribution in [2.75, 3.05) is 7.05 Å². The first-order chi connectivity index (χ1) is 8.25. The lowest BCUT2D eigenvalue weighted by molar-refractivity contribution is 0.0693. The Balaban J connectivity index is 3.26. The Morgan fingerprint density at radius 1 is 1.39 bits per heavy atom. The number of aromatic carboxylic acids is 1. The highest BCUT2D eigenvalue weighted by Gasteiger charge is 2.19. The molecule has 0 fully saturated rings. The van der Waals surface area contributed by atoms with Crippen molar-refractivity contribution < 1.29 is 14.7 Å². The molecule has 96 valence electrons. The van der Waals surface area contributed by atoms with E-state index in [2.05, 4.69) is 11.6 Å². The molecule has 0 atom stereocenters. The zero-order valence-electron chi connectivity index (χ0n) is 10.9. The Morgan fingerprint density at radius 3 is 2.33 bits per heavy atom. The number of rotatable bonds is 3. The van der Waals surface area contributed by atoms with Crippen molar-refractivity contribution in [3.8, 4) is 0 Å². The monoisotopic (exact) mass is 248 g/mol. The molecule has 0 unspecified atom stereocenters. The molecule has 0 aromatic carbocycles. The molecule has 1 amide bonds. The van der Waals surface area contributed by atoms with E-state index < -0.39 is 5.97 Å². The number of amides is 1. The molecule has 0 bridgehead atoms. The van der Waals surface area contributed by atoms with Gasteiger partial charge in [-0.3, -0.25) is 4.79 Å². The summed E-state index contributed by atoms with van der Waals surface area (Å²) < 4.78 is 0. The van der Waals surface area contributed by atoms with Crippen molar-refractivity contribution in [2.45, 2.75) is 20.8 Å². The Bertz CT molecular complexity index is 512. The fraction of sp³-hybridized carbons (Fsp3) is 0.308. The Hall–Kier alpha value is -2.17. The second-order valence-electron chi connectivity index (χ2n) is 4.19. The molecule has 1 heterocycles. The molecule has 0 aliphatic rings. The zero-order chi connectivity index (χ0) is 14.0. The normalized spacial score (nSPS) is 10.0. The van der Waals surface area contributed by atoms with Gasteiger partial charge in [0.2, 0.25) is 0 Å². The molecule has 0 spiro atoms. The van der Waals surface area contributed by atoms with Crippen molar-refractivity contribution in [1.29, 1.82) is 0 Å². The molecule has 0 aliphatic carbocycles. The van der Waals surface area contributed by atoms with Crippen LogP contribution in [0.4, 0.5) is 0 Å². The van der Waals surface area contributed by atoms with Gasteiger partial charge >= 0.3 is 5.97 Å². The average molecular weight is 248 g/mol. The van der Waals surface area contributed by atoms with Crippen LogP contribution < -0.4 is 0 Å². The van der Waals surface area contributed by atoms with Crippen LogP contribution >= 0.6 is 0 Å². The molecular formula is C13H16N2O3. The van der Waals surface area contributed by atoms with Gasteiger partial charge in [-0.15, -0.1) is 0 Å². The summed E-state index contributed by atoms with van der Waals surface area (Å²) in [5, 5.41) is 9.02. The molecule has 1 aromatic rings. The summed E-state index contributed by atoms with van der Waals surface area (Å²) in [5.41, 5.74) is 1.82. The fourth-order valence-electron chi connectivity index (χ4n) is 1.61. The van der Waals surface area contributed by atoms with Crippen LogP contribution in [0, 0.1) is 13.8 Å². The number of carbonyl (C=O) groups is 2. The van der Waals surface area contributed by atoms with Crippen LogP contribution in [-0.4, -0.2) is 33.9 Å². The summed E-state index contributed by atoms with van der Waals surface area (Å²) in [6, 6.07) is 1.48. The molecule has 0 radical (unpaired) electrons. The third-order valence-corrected chi connectivity index (χ3v) is 2.71. The molecular weight excluding hydrogens is 232 g/mol. The first-order valence-electron chi connectivity index (χ1n) is 5.40. The molecule has 5 nitrogen and oxygen atoms in total. The Morgan fingerprint density at radius 2 is 1.94 bits per heavy atom. The summed E-state index contributed by atoms with van der Waals surface area (Å²) >= 11 is 0. The van der Waals surface area contributed by atoms with Crippen molar-refractivity contribution in [1.82, 2.24) is 9.88 Å². The summed E-state index contributed by atoms with van der Waals surface area (Å²) in [7, 11) is 1.60. The molecule has 5 heteroatoms. The Kier molecular flexibility index (Phi) is 3.86. The van der Waals surface area contributed by atoms with Crippen LogP contribution in [0.5, 0.6) is 0 Å². The number of hydrogen-bond donors (Lipinski definition) is 1. The van der Waals surface area contributed by atoms with Gasteiger partial charge in [-0.2, -0.15) is 0 Å². The van der Waals surface area contributed by atoms with Gasteiger partial charge in [-0.25, -0.2) is 9.78 Å². The maximum atomic E-state index is 12.0. The predicted molar refractivity (Wildman–Crippen MR) is 67.6 cm³/mol. The van der Waals surface area contributed by atoms with Crippen molar-refractivity contribution in [3.05, 3.63) is 40.9 Å². The summed E-state index contributed by atoms with van der Waals surface area (Å²) in [4.78, 5) is 28.5. The summed E-state index contributed by atoms with van der Waals surface area (Å²) in [6.07, 6.45) is 0. The number of carboxylic acid groups (broad SMARTS) is 1. The summed E-state index contributed by atoms with van der Waals surface area (Å²) in [5.74, 6) is -1.34. The minimum atomic E-state index is -1.04. The average Bonchev–Trinajstić information content (AvgIpc) is 2.25. The Labute approximate surface area is 106 Å². The van der Waals surface area contributed by atoms with Crippen molar-refractivity contribution >= 4 is 11.9 Å². The fourth-order valence-corrected chi connectivity index (χ4v) is 1.61. The standard InChI is InChI=1S/C13H16N2O3/c1-7(2)15(5)12(16)10-6-8(3)11(13(17)18)9(4)14-10/h6H,1H2,2-5H3,(H,17,18). The molecule has 0 saturated carbocycles. The number of carbonyl (C=O) groups excluding carboxylic acids is 1. The first-order valence-corrected chi connectivity index (χ1v) is 5.40. The van der Waals surface area contributed by atoms with Crippen molar-refractivity contribution in [2.24, 2.45) is 0 Å². The van der Waals surface area contributed by atoms with E-state index in [1.807, 2.05) is 0 Å². The minimum Gasteiger partial charge on any atom is -0.478 e. The van der Waals surface area contributed by atoms with Gasteiger partial charge < -0.3 is 10.0 Å². The van der Waals surface area contributed by atoms with E-state index in [1.165, 1.54) is 11.0 Å². The first kappa shape index (κ1) is 13.9. The SMILES string of the molecule is C=C(C)N(C)C(=O)c1cc(C)c(C(=O)O)c(C)n1. The topological polar surface area (TPSA) is 70.5 Å². The third-order valence-electron chi connectivity index (χ3n) is 2.71. The molecule has 0 saturated heterocycles. The van der Waals surface area contributed by atoms with Gasteiger partial charge in [0.25, 0.3) is 5.91 Å². The van der Waals surface area contributed by atoms with Crippen LogP contribution in [0.2, 0.25) is 0 Å². The smallest absolute Gasteiger partial charge is 0.337 e. The van der Waals surface area contributed by atoms with Gasteiger partial charge in [0, 0.05) is 12.7 Å². The van der Waals surface area contributed by atoms with Crippen molar-refractivity contribution in [3.63, 3.8) is 0 Å². The number of carboxylic acids is 1. The lowest BCUT2D eigenvalue weighted by atomic mass is 10.1. The lowest BCUT2D eigenvalue weighted by Crippen LogP contribution is -2.26. The van der Waals surface area contributed by atoms with Crippen LogP contribution in [0.15, 0.2) is 18.3 Å². The maximum Gasteiger partial charge on any atom is 0.337 e. The molecule has 1 rings (SSSR count). The number of aryl methyl sites for hydroxylation is 2. The van der Waals surface area contributed by atoms with Gasteiger partial charge in [-0.1, -0.05) is 6.58 Å². The van der Waals surface area contributed by atoms with Gasteiger partial charge in [0.15, 0.2) is 0 Å². The number of pyridine rings is 1. The number of allylic oxidation sites excluding steroid dienone is 1. The number of nitrogens with zero attached hydrogens (tertiary/aromatic N) is 2. The predicted octanol–water partition coefficient (Wildman–Crippen LogP) is 2.00. The maximum absolute atomic E-state index is 12.0. The third kappa shape index (κ3) is 2.56. The minimum absolute atomic E-state index is 0.143. The van der Waals surface area contributed by atoms with E-state index in [1.54, 1.807) is 27.8 Å². The van der Waals surface area contributed by atoms with E-state index in [-0.39, 0.29) is 17.2 Å². The van der Waals surface area contributed by atoms with Gasteiger partial charge in [0.05, 0.1) is 11.3 Å². The zero-order valence-corrected chi connectivity index (χ0v) is 10.9. The van der Waals surface area contributed by atoms with Crippen LogP contribution in [0.25, 0.3) is 0 Å². The van der Waals surface area contributed by atoms with E-state index in [9.17, 15) is 9.59 Å². The summed E-state index contributed by atoms with van der Waals surface area (Å²) in [6.45, 7) is 8.61. The highest BCUT2D eigenvalue weighted by atomic mass is 16.4. The van der Waals surface area contributed by atoms with Gasteiger partial charge in [-0.05, 0) is 32.4 Å². The van der Waals surface area contributed by atoms with Crippen LogP contribution in [-0.2, 0) is 0 Å². The largest absolute Gasteiger partial charge is 0.478 e. The molecule has 1 N–H and O–H groups in total. The molecule has 1 aromatic heterocycles. The van der Waals surface area contributed by atoms with E-state index in [0.717, 1.165) is 0 Å². The van der Waals surface area contributed by atoms with Crippen LogP contribution in [0.3, 0.4) is 0 Å². The van der Waals surface area contributed by atoms with Crippen LogP contribution in [0.1, 0.15) is 39.0 Å². The highest BCUT2D eigenvalue weighted by Crippen LogP contribution is 2.15. The second kappa shape index (κ2) is 5.00.